The predicted octanol–water partition coefficient (Wildman–Crippen LogP) is 3.71. The first-order valence-corrected chi connectivity index (χ1v) is 9.53. The van der Waals surface area contributed by atoms with Gasteiger partial charge in [0.2, 0.25) is 0 Å². The van der Waals surface area contributed by atoms with Gasteiger partial charge in [-0.2, -0.15) is 5.26 Å². The molecule has 0 aliphatic rings. The van der Waals surface area contributed by atoms with E-state index in [0.29, 0.717) is 38.6 Å². The van der Waals surface area contributed by atoms with E-state index in [2.05, 4.69) is 6.07 Å². The van der Waals surface area contributed by atoms with Crippen molar-refractivity contribution < 1.29 is 23.7 Å². The Kier molecular flexibility index (Phi) is 9.26. The lowest BCUT2D eigenvalue weighted by Crippen LogP contribution is -2.18. The molecule has 2 aromatic carbocycles. The molecule has 0 saturated heterocycles. The average molecular weight is 385 g/mol. The van der Waals surface area contributed by atoms with Crippen LogP contribution in [0.4, 0.5) is 0 Å². The zero-order valence-electron chi connectivity index (χ0n) is 16.5. The van der Waals surface area contributed by atoms with Gasteiger partial charge in [-0.1, -0.05) is 26.0 Å². The number of ether oxygens (including phenoxy) is 4. The second kappa shape index (κ2) is 12.0. The van der Waals surface area contributed by atoms with Crippen molar-refractivity contribution in [2.75, 3.05) is 39.6 Å². The van der Waals surface area contributed by atoms with E-state index in [9.17, 15) is 4.79 Å². The Morgan fingerprint density at radius 3 is 2.32 bits per heavy atom. The van der Waals surface area contributed by atoms with Crippen LogP contribution in [0.3, 0.4) is 0 Å². The van der Waals surface area contributed by atoms with Gasteiger partial charge in [0.1, 0.15) is 19.0 Å². The van der Waals surface area contributed by atoms with Crippen molar-refractivity contribution in [2.24, 2.45) is 5.92 Å². The monoisotopic (exact) mass is 385 g/mol. The number of rotatable bonds is 12. The Balaban J connectivity index is 1.53. The Hall–Kier alpha value is -2.62. The lowest BCUT2D eigenvalue weighted by atomic mass is 10.1. The zero-order chi connectivity index (χ0) is 20.2. The molecule has 2 rings (SSSR count). The van der Waals surface area contributed by atoms with Crippen LogP contribution in [-0.2, 0) is 19.0 Å². The van der Waals surface area contributed by atoms with Crippen LogP contribution in [0, 0.1) is 17.2 Å². The van der Waals surface area contributed by atoms with Gasteiger partial charge < -0.3 is 18.9 Å². The minimum atomic E-state index is -0.182. The molecular weight excluding hydrogens is 358 g/mol. The number of fused-ring (bicyclic) bond motifs is 1. The SMILES string of the molecule is CCC(C)C(=O)OCCOCCOCCOc1ccc2cc(C#N)ccc2c1. The molecule has 0 aliphatic heterocycles. The standard InChI is InChI=1S/C22H27NO5/c1-3-17(2)22(24)28-13-11-26-9-8-25-10-12-27-21-7-6-19-14-18(16-23)4-5-20(19)15-21/h4-7,14-15,17H,3,8-13H2,1-2H3. The van der Waals surface area contributed by atoms with Crippen molar-refractivity contribution in [3.8, 4) is 11.8 Å². The lowest BCUT2D eigenvalue weighted by molar-refractivity contribution is -0.149. The highest BCUT2D eigenvalue weighted by molar-refractivity contribution is 5.85. The maximum atomic E-state index is 11.5. The van der Waals surface area contributed by atoms with Crippen LogP contribution in [-0.4, -0.2) is 45.6 Å². The van der Waals surface area contributed by atoms with Crippen LogP contribution >= 0.6 is 0 Å². The molecule has 0 radical (unpaired) electrons. The summed E-state index contributed by atoms with van der Waals surface area (Å²) < 4.78 is 21.6. The molecule has 6 nitrogen and oxygen atoms in total. The van der Waals surface area contributed by atoms with Gasteiger partial charge in [0, 0.05) is 0 Å². The van der Waals surface area contributed by atoms with E-state index in [1.165, 1.54) is 0 Å². The van der Waals surface area contributed by atoms with Crippen molar-refractivity contribution in [1.29, 1.82) is 5.26 Å². The molecule has 0 heterocycles. The van der Waals surface area contributed by atoms with Crippen molar-refractivity contribution in [3.05, 3.63) is 42.0 Å². The Bertz CT molecular complexity index is 799. The topological polar surface area (TPSA) is 77.8 Å². The third-order valence-electron chi connectivity index (χ3n) is 4.30. The first-order chi connectivity index (χ1) is 13.6. The van der Waals surface area contributed by atoms with Gasteiger partial charge >= 0.3 is 5.97 Å². The summed E-state index contributed by atoms with van der Waals surface area (Å²) in [6.45, 7) is 6.23. The first-order valence-electron chi connectivity index (χ1n) is 9.53. The molecule has 150 valence electrons. The van der Waals surface area contributed by atoms with E-state index >= 15 is 0 Å². The third-order valence-corrected chi connectivity index (χ3v) is 4.30. The molecule has 0 bridgehead atoms. The third kappa shape index (κ3) is 7.18. The Morgan fingerprint density at radius 2 is 1.61 bits per heavy atom. The van der Waals surface area contributed by atoms with E-state index in [-0.39, 0.29) is 18.5 Å². The van der Waals surface area contributed by atoms with Gasteiger partial charge in [-0.25, -0.2) is 0 Å². The number of hydrogen-bond acceptors (Lipinski definition) is 6. The van der Waals surface area contributed by atoms with Crippen molar-refractivity contribution >= 4 is 16.7 Å². The molecule has 0 aromatic heterocycles. The molecule has 0 amide bonds. The van der Waals surface area contributed by atoms with Gasteiger partial charge in [0.15, 0.2) is 0 Å². The summed E-state index contributed by atoms with van der Waals surface area (Å²) in [5.41, 5.74) is 0.644. The molecule has 0 aliphatic carbocycles. The molecule has 0 saturated carbocycles. The molecule has 1 unspecified atom stereocenters. The normalized spacial score (nSPS) is 11.8. The van der Waals surface area contributed by atoms with Crippen molar-refractivity contribution in [1.82, 2.24) is 0 Å². The van der Waals surface area contributed by atoms with Crippen LogP contribution < -0.4 is 4.74 Å². The van der Waals surface area contributed by atoms with E-state index < -0.39 is 0 Å². The maximum absolute atomic E-state index is 11.5. The average Bonchev–Trinajstić information content (AvgIpc) is 2.73. The number of carbonyl (C=O) groups is 1. The second-order valence-corrected chi connectivity index (χ2v) is 6.39. The highest BCUT2D eigenvalue weighted by atomic mass is 16.6. The smallest absolute Gasteiger partial charge is 0.308 e. The highest BCUT2D eigenvalue weighted by Crippen LogP contribution is 2.21. The van der Waals surface area contributed by atoms with Crippen LogP contribution in [0.5, 0.6) is 5.75 Å². The number of nitrogens with zero attached hydrogens (tertiary/aromatic N) is 1. The summed E-state index contributed by atoms with van der Waals surface area (Å²) >= 11 is 0. The van der Waals surface area contributed by atoms with E-state index in [0.717, 1.165) is 22.9 Å². The van der Waals surface area contributed by atoms with Crippen LogP contribution in [0.1, 0.15) is 25.8 Å². The minimum Gasteiger partial charge on any atom is -0.491 e. The van der Waals surface area contributed by atoms with Crippen molar-refractivity contribution in [3.63, 3.8) is 0 Å². The highest BCUT2D eigenvalue weighted by Gasteiger charge is 2.11. The molecular formula is C22H27NO5. The van der Waals surface area contributed by atoms with Gasteiger partial charge in [-0.05, 0) is 41.5 Å². The zero-order valence-corrected chi connectivity index (χ0v) is 16.5. The van der Waals surface area contributed by atoms with E-state index in [4.69, 9.17) is 24.2 Å². The van der Waals surface area contributed by atoms with Crippen LogP contribution in [0.2, 0.25) is 0 Å². The van der Waals surface area contributed by atoms with E-state index in [1.807, 2.05) is 44.2 Å². The summed E-state index contributed by atoms with van der Waals surface area (Å²) in [6.07, 6.45) is 0.775. The fraction of sp³-hybridized carbons (Fsp3) is 0.455. The predicted molar refractivity (Wildman–Crippen MR) is 106 cm³/mol. The Labute approximate surface area is 166 Å². The number of benzene rings is 2. The van der Waals surface area contributed by atoms with E-state index in [1.54, 1.807) is 6.07 Å². The molecule has 0 N–H and O–H groups in total. The second-order valence-electron chi connectivity index (χ2n) is 6.39. The largest absolute Gasteiger partial charge is 0.491 e. The Morgan fingerprint density at radius 1 is 0.964 bits per heavy atom. The lowest BCUT2D eigenvalue weighted by Gasteiger charge is -2.10. The summed E-state index contributed by atoms with van der Waals surface area (Å²) in [5, 5.41) is 11.0. The van der Waals surface area contributed by atoms with Gasteiger partial charge in [-0.15, -0.1) is 0 Å². The molecule has 28 heavy (non-hydrogen) atoms. The maximum Gasteiger partial charge on any atom is 0.308 e. The molecule has 2 aromatic rings. The van der Waals surface area contributed by atoms with Gasteiger partial charge in [-0.3, -0.25) is 4.79 Å². The fourth-order valence-corrected chi connectivity index (χ4v) is 2.43. The van der Waals surface area contributed by atoms with Crippen LogP contribution in [0.15, 0.2) is 36.4 Å². The van der Waals surface area contributed by atoms with Gasteiger partial charge in [0.05, 0.1) is 44.0 Å². The summed E-state index contributed by atoms with van der Waals surface area (Å²) in [5.74, 6) is 0.514. The summed E-state index contributed by atoms with van der Waals surface area (Å²) in [7, 11) is 0. The number of hydrogen-bond donors (Lipinski definition) is 0. The summed E-state index contributed by atoms with van der Waals surface area (Å²) in [4.78, 5) is 11.5. The molecule has 1 atom stereocenters. The minimum absolute atomic E-state index is 0.0686. The first kappa shape index (κ1) is 21.7. The molecule has 0 spiro atoms. The number of carbonyl (C=O) groups excluding carboxylic acids is 1. The fourth-order valence-electron chi connectivity index (χ4n) is 2.43. The molecule has 6 heteroatoms. The number of esters is 1. The quantitative estimate of drug-likeness (QED) is 0.409. The number of nitriles is 1. The van der Waals surface area contributed by atoms with Gasteiger partial charge in [0.25, 0.3) is 0 Å². The van der Waals surface area contributed by atoms with Crippen LogP contribution in [0.25, 0.3) is 10.8 Å². The summed E-state index contributed by atoms with van der Waals surface area (Å²) in [6, 6.07) is 13.5. The van der Waals surface area contributed by atoms with Crippen molar-refractivity contribution in [2.45, 2.75) is 20.3 Å². The molecule has 0 fully saturated rings.